The third kappa shape index (κ3) is 3.63. The van der Waals surface area contributed by atoms with Crippen LogP contribution in [0.1, 0.15) is 15.9 Å². The molecule has 0 aliphatic heterocycles. The predicted octanol–water partition coefficient (Wildman–Crippen LogP) is 1.96. The quantitative estimate of drug-likeness (QED) is 0.569. The molecule has 0 saturated heterocycles. The van der Waals surface area contributed by atoms with Crippen LogP contribution < -0.4 is 0 Å². The van der Waals surface area contributed by atoms with E-state index in [1.54, 1.807) is 0 Å². The molecule has 0 amide bonds. The Labute approximate surface area is 101 Å². The molecule has 0 aliphatic carbocycles. The fourth-order valence-corrected chi connectivity index (χ4v) is 1.01. The van der Waals surface area contributed by atoms with Crippen LogP contribution in [0.5, 0.6) is 0 Å². The van der Waals surface area contributed by atoms with Crippen molar-refractivity contribution in [3.8, 4) is 11.8 Å². The second-order valence-electron chi connectivity index (χ2n) is 3.15. The molecule has 1 aromatic carbocycles. The number of carbonyl (C=O) groups is 2. The lowest BCUT2D eigenvalue weighted by molar-refractivity contribution is -0.164. The summed E-state index contributed by atoms with van der Waals surface area (Å²) in [5, 5.41) is 0. The number of halogens is 3. The fraction of sp³-hybridized carbons (Fsp3) is 0.167. The SMILES string of the molecule is COC(=O)c1ccc(C#CC(=O)C(F)(F)F)cc1. The molecule has 0 N–H and O–H groups in total. The van der Waals surface area contributed by atoms with Crippen LogP contribution in [-0.4, -0.2) is 25.0 Å². The number of hydrogen-bond donors (Lipinski definition) is 0. The monoisotopic (exact) mass is 256 g/mol. The van der Waals surface area contributed by atoms with Crippen molar-refractivity contribution in [2.45, 2.75) is 6.18 Å². The number of hydrogen-bond acceptors (Lipinski definition) is 3. The standard InChI is InChI=1S/C12H7F3O3/c1-18-11(17)9-5-2-8(3-6-9)4-7-10(16)12(13,14)15/h2-3,5-6H,1H3. The highest BCUT2D eigenvalue weighted by atomic mass is 19.4. The number of ketones is 1. The number of methoxy groups -OCH3 is 1. The third-order valence-corrected chi connectivity index (χ3v) is 1.88. The van der Waals surface area contributed by atoms with Gasteiger partial charge in [0.25, 0.3) is 0 Å². The summed E-state index contributed by atoms with van der Waals surface area (Å²) in [6, 6.07) is 5.33. The first kappa shape index (κ1) is 13.8. The molecule has 0 fully saturated rings. The maximum Gasteiger partial charge on any atom is 0.462 e. The molecule has 1 aromatic rings. The van der Waals surface area contributed by atoms with E-state index in [4.69, 9.17) is 0 Å². The van der Waals surface area contributed by atoms with Crippen LogP contribution in [0.3, 0.4) is 0 Å². The van der Waals surface area contributed by atoms with Gasteiger partial charge in [0.2, 0.25) is 0 Å². The minimum atomic E-state index is -4.96. The van der Waals surface area contributed by atoms with Gasteiger partial charge in [-0.25, -0.2) is 4.79 Å². The largest absolute Gasteiger partial charge is 0.465 e. The van der Waals surface area contributed by atoms with E-state index < -0.39 is 17.9 Å². The minimum absolute atomic E-state index is 0.195. The van der Waals surface area contributed by atoms with Crippen LogP contribution in [-0.2, 0) is 9.53 Å². The maximum atomic E-state index is 11.9. The van der Waals surface area contributed by atoms with E-state index >= 15 is 0 Å². The first-order chi connectivity index (χ1) is 8.34. The summed E-state index contributed by atoms with van der Waals surface area (Å²) in [5.74, 6) is 0.855. The lowest BCUT2D eigenvalue weighted by Crippen LogP contribution is -2.20. The van der Waals surface area contributed by atoms with E-state index in [1.165, 1.54) is 37.3 Å². The van der Waals surface area contributed by atoms with Gasteiger partial charge in [0.05, 0.1) is 12.7 Å². The second kappa shape index (κ2) is 5.36. The summed E-state index contributed by atoms with van der Waals surface area (Å²) in [7, 11) is 1.21. The molecule has 0 radical (unpaired) electrons. The zero-order chi connectivity index (χ0) is 13.8. The molecule has 6 heteroatoms. The molecular formula is C12H7F3O3. The van der Waals surface area contributed by atoms with Crippen molar-refractivity contribution in [1.82, 2.24) is 0 Å². The summed E-state index contributed by atoms with van der Waals surface area (Å²) < 4.78 is 40.0. The van der Waals surface area contributed by atoms with E-state index in [0.717, 1.165) is 0 Å². The fourth-order valence-electron chi connectivity index (χ4n) is 1.01. The van der Waals surface area contributed by atoms with Crippen LogP contribution in [0.15, 0.2) is 24.3 Å². The molecule has 0 saturated carbocycles. The number of esters is 1. The van der Waals surface area contributed by atoms with Gasteiger partial charge in [-0.1, -0.05) is 5.92 Å². The van der Waals surface area contributed by atoms with E-state index in [0.29, 0.717) is 0 Å². The normalized spacial score (nSPS) is 10.2. The lowest BCUT2D eigenvalue weighted by atomic mass is 10.1. The number of benzene rings is 1. The third-order valence-electron chi connectivity index (χ3n) is 1.88. The Bertz CT molecular complexity index is 518. The molecule has 0 unspecified atom stereocenters. The number of ether oxygens (including phenoxy) is 1. The maximum absolute atomic E-state index is 11.9. The van der Waals surface area contributed by atoms with Crippen molar-refractivity contribution >= 4 is 11.8 Å². The van der Waals surface area contributed by atoms with Crippen molar-refractivity contribution in [3.05, 3.63) is 35.4 Å². The van der Waals surface area contributed by atoms with Crippen molar-refractivity contribution in [2.75, 3.05) is 7.11 Å². The number of rotatable bonds is 1. The lowest BCUT2D eigenvalue weighted by Gasteiger charge is -1.98. The van der Waals surface area contributed by atoms with Crippen LogP contribution >= 0.6 is 0 Å². The highest BCUT2D eigenvalue weighted by molar-refractivity contribution is 6.00. The Morgan fingerprint density at radius 2 is 1.72 bits per heavy atom. The molecule has 0 spiro atoms. The molecule has 0 atom stereocenters. The second-order valence-corrected chi connectivity index (χ2v) is 3.15. The highest BCUT2D eigenvalue weighted by Crippen LogP contribution is 2.15. The molecule has 0 heterocycles. The molecular weight excluding hydrogens is 249 g/mol. The number of Topliss-reactive ketones (excluding diaryl/α,β-unsaturated/α-hetero) is 1. The van der Waals surface area contributed by atoms with E-state index in [2.05, 4.69) is 10.7 Å². The molecule has 3 nitrogen and oxygen atoms in total. The molecule has 1 rings (SSSR count). The topological polar surface area (TPSA) is 43.4 Å². The summed E-state index contributed by atoms with van der Waals surface area (Å²) in [6.45, 7) is 0. The molecule has 0 aromatic heterocycles. The van der Waals surface area contributed by atoms with Gasteiger partial charge in [0.15, 0.2) is 0 Å². The Kier molecular flexibility index (Phi) is 4.10. The Balaban J connectivity index is 2.86. The summed E-state index contributed by atoms with van der Waals surface area (Å²) >= 11 is 0. The Morgan fingerprint density at radius 1 is 1.17 bits per heavy atom. The average Bonchev–Trinajstić information content (AvgIpc) is 2.34. The molecule has 94 valence electrons. The summed E-state index contributed by atoms with van der Waals surface area (Å²) in [5.41, 5.74) is 0.436. The average molecular weight is 256 g/mol. The molecule has 0 bridgehead atoms. The zero-order valence-electron chi connectivity index (χ0n) is 9.17. The van der Waals surface area contributed by atoms with Crippen molar-refractivity contribution in [3.63, 3.8) is 0 Å². The highest BCUT2D eigenvalue weighted by Gasteiger charge is 2.37. The van der Waals surface area contributed by atoms with Gasteiger partial charge in [-0.05, 0) is 30.2 Å². The number of carbonyl (C=O) groups excluding carboxylic acids is 2. The van der Waals surface area contributed by atoms with Crippen LogP contribution in [0.25, 0.3) is 0 Å². The van der Waals surface area contributed by atoms with Crippen molar-refractivity contribution in [2.24, 2.45) is 0 Å². The van der Waals surface area contributed by atoms with Crippen LogP contribution in [0, 0.1) is 11.8 Å². The zero-order valence-corrected chi connectivity index (χ0v) is 9.17. The first-order valence-electron chi connectivity index (χ1n) is 4.66. The number of alkyl halides is 3. The predicted molar refractivity (Wildman–Crippen MR) is 55.7 cm³/mol. The smallest absolute Gasteiger partial charge is 0.462 e. The van der Waals surface area contributed by atoms with Crippen LogP contribution in [0.2, 0.25) is 0 Å². The van der Waals surface area contributed by atoms with Crippen molar-refractivity contribution < 1.29 is 27.5 Å². The van der Waals surface area contributed by atoms with Gasteiger partial charge in [-0.3, -0.25) is 4.79 Å². The minimum Gasteiger partial charge on any atom is -0.465 e. The Hall–Kier alpha value is -2.29. The van der Waals surface area contributed by atoms with E-state index in [1.807, 2.05) is 0 Å². The van der Waals surface area contributed by atoms with Gasteiger partial charge in [0.1, 0.15) is 0 Å². The van der Waals surface area contributed by atoms with E-state index in [9.17, 15) is 22.8 Å². The van der Waals surface area contributed by atoms with Gasteiger partial charge in [0, 0.05) is 5.56 Å². The summed E-state index contributed by atoms with van der Waals surface area (Å²) in [6.07, 6.45) is -4.96. The van der Waals surface area contributed by atoms with Gasteiger partial charge in [-0.2, -0.15) is 13.2 Å². The Morgan fingerprint density at radius 3 is 2.17 bits per heavy atom. The summed E-state index contributed by atoms with van der Waals surface area (Å²) in [4.78, 5) is 21.5. The first-order valence-corrected chi connectivity index (χ1v) is 4.66. The molecule has 18 heavy (non-hydrogen) atoms. The van der Waals surface area contributed by atoms with Crippen molar-refractivity contribution in [1.29, 1.82) is 0 Å². The van der Waals surface area contributed by atoms with Gasteiger partial charge < -0.3 is 4.74 Å². The van der Waals surface area contributed by atoms with Gasteiger partial charge in [-0.15, -0.1) is 0 Å². The molecule has 0 aliphatic rings. The van der Waals surface area contributed by atoms with Gasteiger partial charge >= 0.3 is 17.9 Å². The van der Waals surface area contributed by atoms with Crippen LogP contribution in [0.4, 0.5) is 13.2 Å². The van der Waals surface area contributed by atoms with E-state index in [-0.39, 0.29) is 11.1 Å².